The van der Waals surface area contributed by atoms with Gasteiger partial charge in [0.2, 0.25) is 0 Å². The van der Waals surface area contributed by atoms with Crippen LogP contribution in [0.3, 0.4) is 0 Å². The number of aliphatic imine (C=N–C) groups is 1. The molecule has 3 rings (SSSR count). The summed E-state index contributed by atoms with van der Waals surface area (Å²) in [5, 5.41) is 7.06. The van der Waals surface area contributed by atoms with Crippen LogP contribution in [0.2, 0.25) is 0 Å². The number of guanidine groups is 1. The molecule has 0 bridgehead atoms. The van der Waals surface area contributed by atoms with E-state index in [0.29, 0.717) is 4.75 Å². The van der Waals surface area contributed by atoms with Gasteiger partial charge in [0.1, 0.15) is 0 Å². The van der Waals surface area contributed by atoms with Crippen molar-refractivity contribution in [3.8, 4) is 0 Å². The van der Waals surface area contributed by atoms with Crippen molar-refractivity contribution in [3.63, 3.8) is 0 Å². The zero-order valence-corrected chi connectivity index (χ0v) is 17.4. The standard InChI is InChI=1S/C18H34N4OS2/c1-3-19-16(20-13-17(2)5-4-11-25-17)21-14-18(6-12-24-15-18)22-7-9-23-10-8-22/h3-15H2,1-2H3,(H2,19,20,21). The Labute approximate surface area is 161 Å². The second-order valence-corrected chi connectivity index (χ2v) is 10.4. The van der Waals surface area contributed by atoms with Crippen LogP contribution >= 0.6 is 23.5 Å². The van der Waals surface area contributed by atoms with Crippen LogP contribution in [0.1, 0.15) is 33.1 Å². The fourth-order valence-corrected chi connectivity index (χ4v) is 6.63. The molecular formula is C18H34N4OS2. The predicted octanol–water partition coefficient (Wildman–Crippen LogP) is 2.04. The van der Waals surface area contributed by atoms with Crippen LogP contribution in [0, 0.1) is 0 Å². The monoisotopic (exact) mass is 386 g/mol. The van der Waals surface area contributed by atoms with Crippen molar-refractivity contribution in [2.45, 2.75) is 43.4 Å². The van der Waals surface area contributed by atoms with Gasteiger partial charge < -0.3 is 15.4 Å². The van der Waals surface area contributed by atoms with Gasteiger partial charge in [0.25, 0.3) is 0 Å². The Hall–Kier alpha value is -0.110. The minimum absolute atomic E-state index is 0.225. The summed E-state index contributed by atoms with van der Waals surface area (Å²) in [7, 11) is 0. The van der Waals surface area contributed by atoms with Crippen LogP contribution in [-0.4, -0.2) is 84.3 Å². The molecule has 0 aromatic rings. The molecule has 5 nitrogen and oxygen atoms in total. The largest absolute Gasteiger partial charge is 0.379 e. The van der Waals surface area contributed by atoms with Crippen LogP contribution < -0.4 is 10.6 Å². The lowest BCUT2D eigenvalue weighted by atomic mass is 9.96. The third-order valence-electron chi connectivity index (χ3n) is 5.57. The van der Waals surface area contributed by atoms with E-state index in [1.165, 1.54) is 36.5 Å². The van der Waals surface area contributed by atoms with Gasteiger partial charge in [0, 0.05) is 36.7 Å². The highest BCUT2D eigenvalue weighted by molar-refractivity contribution is 8.00. The van der Waals surface area contributed by atoms with Gasteiger partial charge >= 0.3 is 0 Å². The van der Waals surface area contributed by atoms with Crippen molar-refractivity contribution in [1.82, 2.24) is 15.5 Å². The lowest BCUT2D eigenvalue weighted by Crippen LogP contribution is -2.56. The third kappa shape index (κ3) is 5.21. The van der Waals surface area contributed by atoms with Gasteiger partial charge in [0.15, 0.2) is 5.96 Å². The number of hydrogen-bond acceptors (Lipinski definition) is 5. The minimum Gasteiger partial charge on any atom is -0.379 e. The Bertz CT molecular complexity index is 442. The molecule has 0 aromatic carbocycles. The first kappa shape index (κ1) is 19.6. The molecule has 2 N–H and O–H groups in total. The molecule has 0 spiro atoms. The Morgan fingerprint density at radius 2 is 2.04 bits per heavy atom. The van der Waals surface area contributed by atoms with Crippen molar-refractivity contribution in [2.75, 3.05) is 63.2 Å². The predicted molar refractivity (Wildman–Crippen MR) is 111 cm³/mol. The summed E-state index contributed by atoms with van der Waals surface area (Å²) in [5.41, 5.74) is 0.225. The molecule has 7 heteroatoms. The number of morpholine rings is 1. The van der Waals surface area contributed by atoms with Crippen molar-refractivity contribution >= 4 is 29.5 Å². The molecule has 3 aliphatic heterocycles. The average molecular weight is 387 g/mol. The minimum atomic E-state index is 0.225. The number of rotatable bonds is 6. The highest BCUT2D eigenvalue weighted by Crippen LogP contribution is 2.37. The van der Waals surface area contributed by atoms with Gasteiger partial charge in [0.05, 0.1) is 25.3 Å². The maximum atomic E-state index is 5.56. The molecular weight excluding hydrogens is 352 g/mol. The van der Waals surface area contributed by atoms with Gasteiger partial charge in [-0.2, -0.15) is 23.5 Å². The molecule has 2 atom stereocenters. The molecule has 144 valence electrons. The topological polar surface area (TPSA) is 48.9 Å². The summed E-state index contributed by atoms with van der Waals surface area (Å²) in [5.74, 6) is 4.74. The summed E-state index contributed by atoms with van der Waals surface area (Å²) in [6, 6.07) is 0. The first-order valence-corrected chi connectivity index (χ1v) is 11.9. The van der Waals surface area contributed by atoms with Gasteiger partial charge in [-0.15, -0.1) is 0 Å². The van der Waals surface area contributed by atoms with Crippen molar-refractivity contribution < 1.29 is 4.74 Å². The Balaban J connectivity index is 1.61. The Morgan fingerprint density at radius 1 is 1.20 bits per heavy atom. The summed E-state index contributed by atoms with van der Waals surface area (Å²) >= 11 is 4.18. The molecule has 3 aliphatic rings. The first-order chi connectivity index (χ1) is 12.2. The van der Waals surface area contributed by atoms with Gasteiger partial charge in [-0.1, -0.05) is 0 Å². The summed E-state index contributed by atoms with van der Waals surface area (Å²) in [6.45, 7) is 11.2. The summed E-state index contributed by atoms with van der Waals surface area (Å²) in [6.07, 6.45) is 3.89. The second kappa shape index (κ2) is 9.20. The smallest absolute Gasteiger partial charge is 0.191 e. The normalized spacial score (nSPS) is 34.4. The van der Waals surface area contributed by atoms with Crippen LogP contribution in [0.4, 0.5) is 0 Å². The molecule has 3 fully saturated rings. The SMILES string of the molecule is CCNC(=NCC1(N2CCOCC2)CCSC1)NCC1(C)CCCS1. The van der Waals surface area contributed by atoms with Crippen LogP contribution in [-0.2, 0) is 4.74 Å². The first-order valence-electron chi connectivity index (χ1n) is 9.73. The Morgan fingerprint density at radius 3 is 2.68 bits per heavy atom. The zero-order valence-electron chi connectivity index (χ0n) is 15.8. The molecule has 25 heavy (non-hydrogen) atoms. The van der Waals surface area contributed by atoms with Crippen LogP contribution in [0.15, 0.2) is 4.99 Å². The van der Waals surface area contributed by atoms with E-state index in [-0.39, 0.29) is 5.54 Å². The van der Waals surface area contributed by atoms with Crippen molar-refractivity contribution in [3.05, 3.63) is 0 Å². The molecule has 3 saturated heterocycles. The molecule has 2 unspecified atom stereocenters. The quantitative estimate of drug-likeness (QED) is 0.538. The number of hydrogen-bond donors (Lipinski definition) is 2. The van der Waals surface area contributed by atoms with Gasteiger partial charge in [-0.25, -0.2) is 0 Å². The number of thioether (sulfide) groups is 2. The second-order valence-electron chi connectivity index (χ2n) is 7.58. The maximum Gasteiger partial charge on any atom is 0.191 e. The molecule has 0 aromatic heterocycles. The number of nitrogens with one attached hydrogen (secondary N) is 2. The van der Waals surface area contributed by atoms with E-state index < -0.39 is 0 Å². The van der Waals surface area contributed by atoms with Crippen molar-refractivity contribution in [2.24, 2.45) is 4.99 Å². The summed E-state index contributed by atoms with van der Waals surface area (Å²) < 4.78 is 5.93. The molecule has 0 aliphatic carbocycles. The Kier molecular flexibility index (Phi) is 7.23. The van der Waals surface area contributed by atoms with E-state index in [0.717, 1.165) is 51.9 Å². The highest BCUT2D eigenvalue weighted by Gasteiger charge is 2.40. The van der Waals surface area contributed by atoms with Crippen molar-refractivity contribution in [1.29, 1.82) is 0 Å². The fourth-order valence-electron chi connectivity index (χ4n) is 3.92. The lowest BCUT2D eigenvalue weighted by Gasteiger charge is -2.42. The maximum absolute atomic E-state index is 5.56. The molecule has 0 radical (unpaired) electrons. The van der Waals surface area contributed by atoms with E-state index in [9.17, 15) is 0 Å². The molecule has 3 heterocycles. The molecule has 0 amide bonds. The van der Waals surface area contributed by atoms with E-state index in [1.54, 1.807) is 0 Å². The third-order valence-corrected chi connectivity index (χ3v) is 8.34. The van der Waals surface area contributed by atoms with E-state index in [1.807, 2.05) is 0 Å². The number of ether oxygens (including phenoxy) is 1. The fraction of sp³-hybridized carbons (Fsp3) is 0.944. The average Bonchev–Trinajstić information content (AvgIpc) is 3.29. The summed E-state index contributed by atoms with van der Waals surface area (Å²) in [4.78, 5) is 7.66. The van der Waals surface area contributed by atoms with Crippen LogP contribution in [0.5, 0.6) is 0 Å². The van der Waals surface area contributed by atoms with Gasteiger partial charge in [-0.3, -0.25) is 9.89 Å². The van der Waals surface area contributed by atoms with E-state index in [2.05, 4.69) is 52.9 Å². The zero-order chi connectivity index (χ0) is 17.6. The van der Waals surface area contributed by atoms with Gasteiger partial charge in [-0.05, 0) is 44.6 Å². The van der Waals surface area contributed by atoms with Crippen LogP contribution in [0.25, 0.3) is 0 Å². The molecule has 0 saturated carbocycles. The van der Waals surface area contributed by atoms with E-state index in [4.69, 9.17) is 9.73 Å². The van der Waals surface area contributed by atoms with E-state index >= 15 is 0 Å². The number of nitrogens with zero attached hydrogens (tertiary/aromatic N) is 2. The highest BCUT2D eigenvalue weighted by atomic mass is 32.2. The lowest BCUT2D eigenvalue weighted by molar-refractivity contribution is -0.0104.